The highest BCUT2D eigenvalue weighted by atomic mass is 19.1. The van der Waals surface area contributed by atoms with Gasteiger partial charge in [0.1, 0.15) is 11.6 Å². The van der Waals surface area contributed by atoms with Gasteiger partial charge in [-0.3, -0.25) is 9.69 Å². The maximum Gasteiger partial charge on any atom is 0.260 e. The number of nitrogens with one attached hydrogen (secondary N) is 1. The van der Waals surface area contributed by atoms with Crippen molar-refractivity contribution in [3.63, 3.8) is 0 Å². The molecule has 172 valence electrons. The van der Waals surface area contributed by atoms with Crippen LogP contribution in [0.1, 0.15) is 49.1 Å². The minimum atomic E-state index is -0.598. The van der Waals surface area contributed by atoms with Crippen molar-refractivity contribution in [2.45, 2.75) is 51.9 Å². The molecule has 5 heteroatoms. The van der Waals surface area contributed by atoms with E-state index >= 15 is 0 Å². The lowest BCUT2D eigenvalue weighted by Crippen LogP contribution is -2.40. The van der Waals surface area contributed by atoms with Crippen LogP contribution < -0.4 is 10.1 Å². The summed E-state index contributed by atoms with van der Waals surface area (Å²) in [6.45, 7) is 6.96. The highest BCUT2D eigenvalue weighted by Crippen LogP contribution is 2.38. The van der Waals surface area contributed by atoms with Crippen molar-refractivity contribution in [2.24, 2.45) is 0 Å². The topological polar surface area (TPSA) is 41.6 Å². The molecule has 1 aliphatic rings. The van der Waals surface area contributed by atoms with E-state index < -0.39 is 6.10 Å². The molecule has 1 amide bonds. The molecule has 0 radical (unpaired) electrons. The Balaban J connectivity index is 1.66. The van der Waals surface area contributed by atoms with Gasteiger partial charge in [0, 0.05) is 24.7 Å². The maximum absolute atomic E-state index is 14.5. The average Bonchev–Trinajstić information content (AvgIpc) is 2.80. The molecular weight excluding hydrogens is 415 g/mol. The number of rotatable bonds is 7. The predicted octanol–water partition coefficient (Wildman–Crippen LogP) is 5.27. The number of fused-ring (bicyclic) bond motifs is 1. The third-order valence-corrected chi connectivity index (χ3v) is 6.01. The van der Waals surface area contributed by atoms with Crippen molar-refractivity contribution in [1.82, 2.24) is 10.2 Å². The number of hydrogen-bond donors (Lipinski definition) is 1. The number of ether oxygens (including phenoxy) is 1. The van der Waals surface area contributed by atoms with E-state index in [1.165, 1.54) is 11.6 Å². The molecule has 4 nitrogen and oxygen atoms in total. The van der Waals surface area contributed by atoms with Gasteiger partial charge in [0.25, 0.3) is 5.91 Å². The third-order valence-electron chi connectivity index (χ3n) is 6.01. The molecule has 2 unspecified atom stereocenters. The first-order chi connectivity index (χ1) is 15.9. The predicted molar refractivity (Wildman–Crippen MR) is 129 cm³/mol. The second-order valence-electron chi connectivity index (χ2n) is 8.91. The Bertz CT molecular complexity index is 1100. The molecule has 1 heterocycles. The van der Waals surface area contributed by atoms with Crippen molar-refractivity contribution in [3.8, 4) is 5.75 Å². The fourth-order valence-corrected chi connectivity index (χ4v) is 4.42. The molecule has 0 aromatic heterocycles. The van der Waals surface area contributed by atoms with E-state index in [-0.39, 0.29) is 23.8 Å². The van der Waals surface area contributed by atoms with Crippen LogP contribution >= 0.6 is 0 Å². The molecule has 0 spiro atoms. The molecule has 0 fully saturated rings. The van der Waals surface area contributed by atoms with Gasteiger partial charge >= 0.3 is 0 Å². The second-order valence-corrected chi connectivity index (χ2v) is 8.91. The zero-order valence-electron chi connectivity index (χ0n) is 19.4. The average molecular weight is 447 g/mol. The van der Waals surface area contributed by atoms with Gasteiger partial charge in [-0.15, -0.1) is 0 Å². The van der Waals surface area contributed by atoms with E-state index in [2.05, 4.69) is 28.4 Å². The van der Waals surface area contributed by atoms with Crippen LogP contribution in [0.25, 0.3) is 0 Å². The van der Waals surface area contributed by atoms with Crippen molar-refractivity contribution in [1.29, 1.82) is 0 Å². The summed E-state index contributed by atoms with van der Waals surface area (Å²) in [5, 5.41) is 2.89. The second kappa shape index (κ2) is 10.2. The van der Waals surface area contributed by atoms with Crippen LogP contribution in [0.4, 0.5) is 4.39 Å². The summed E-state index contributed by atoms with van der Waals surface area (Å²) < 4.78 is 20.5. The quantitative estimate of drug-likeness (QED) is 0.538. The van der Waals surface area contributed by atoms with Gasteiger partial charge in [0.15, 0.2) is 6.10 Å². The summed E-state index contributed by atoms with van der Waals surface area (Å²) in [6, 6.07) is 23.3. The van der Waals surface area contributed by atoms with Crippen LogP contribution in [0.3, 0.4) is 0 Å². The Labute approximate surface area is 195 Å². The van der Waals surface area contributed by atoms with Gasteiger partial charge < -0.3 is 10.1 Å². The van der Waals surface area contributed by atoms with E-state index in [0.29, 0.717) is 17.9 Å². The summed E-state index contributed by atoms with van der Waals surface area (Å²) >= 11 is 0. The largest absolute Gasteiger partial charge is 0.481 e. The molecule has 1 N–H and O–H groups in total. The fraction of sp³-hybridized carbons (Fsp3) is 0.321. The van der Waals surface area contributed by atoms with Crippen molar-refractivity contribution < 1.29 is 13.9 Å². The molecule has 3 aromatic carbocycles. The van der Waals surface area contributed by atoms with E-state index in [0.717, 1.165) is 24.1 Å². The van der Waals surface area contributed by atoms with Crippen molar-refractivity contribution >= 4 is 5.91 Å². The molecule has 0 aliphatic carbocycles. The lowest BCUT2D eigenvalue weighted by molar-refractivity contribution is -0.127. The van der Waals surface area contributed by atoms with E-state index in [9.17, 15) is 9.18 Å². The number of nitrogens with zero attached hydrogens (tertiary/aromatic N) is 1. The van der Waals surface area contributed by atoms with Gasteiger partial charge in [-0.2, -0.15) is 0 Å². The van der Waals surface area contributed by atoms with Crippen LogP contribution in [0, 0.1) is 5.82 Å². The summed E-state index contributed by atoms with van der Waals surface area (Å²) in [5.74, 6) is 0.342. The molecule has 2 atom stereocenters. The Hall–Kier alpha value is -3.18. The standard InChI is InChI=1S/C28H31FN2O2/c1-19(2)30-28(32)20(3)33-24-14-13-21-15-16-31(18-23-11-7-8-12-26(23)29)27(25(21)17-24)22-9-5-4-6-10-22/h4-14,17,19-20,27H,15-16,18H2,1-3H3,(H,30,32). The highest BCUT2D eigenvalue weighted by Gasteiger charge is 2.30. The zero-order chi connectivity index (χ0) is 23.4. The van der Waals surface area contributed by atoms with Crippen LogP contribution in [-0.2, 0) is 17.8 Å². The lowest BCUT2D eigenvalue weighted by Gasteiger charge is -2.38. The van der Waals surface area contributed by atoms with Crippen LogP contribution in [-0.4, -0.2) is 29.5 Å². The third kappa shape index (κ3) is 5.42. The molecule has 4 rings (SSSR count). The van der Waals surface area contributed by atoms with E-state index in [4.69, 9.17) is 4.74 Å². The Kier molecular flexibility index (Phi) is 7.09. The van der Waals surface area contributed by atoms with Gasteiger partial charge in [-0.05, 0) is 62.1 Å². The number of halogens is 1. The Morgan fingerprint density at radius 2 is 1.79 bits per heavy atom. The van der Waals surface area contributed by atoms with E-state index in [1.54, 1.807) is 13.0 Å². The van der Waals surface area contributed by atoms with Crippen LogP contribution in [0.5, 0.6) is 5.75 Å². The van der Waals surface area contributed by atoms with Gasteiger partial charge in [-0.1, -0.05) is 54.6 Å². The van der Waals surface area contributed by atoms with Crippen LogP contribution in [0.15, 0.2) is 72.8 Å². The monoisotopic (exact) mass is 446 g/mol. The van der Waals surface area contributed by atoms with E-state index in [1.807, 2.05) is 56.3 Å². The molecular formula is C28H31FN2O2. The maximum atomic E-state index is 14.5. The number of amides is 1. The SMILES string of the molecule is CC(C)NC(=O)C(C)Oc1ccc2c(c1)C(c1ccccc1)N(Cc1ccccc1F)CC2. The minimum Gasteiger partial charge on any atom is -0.481 e. The molecule has 1 aliphatic heterocycles. The highest BCUT2D eigenvalue weighted by molar-refractivity contribution is 5.80. The van der Waals surface area contributed by atoms with Gasteiger partial charge in [0.2, 0.25) is 0 Å². The first-order valence-electron chi connectivity index (χ1n) is 11.5. The first-order valence-corrected chi connectivity index (χ1v) is 11.5. The molecule has 0 bridgehead atoms. The van der Waals surface area contributed by atoms with Crippen LogP contribution in [0.2, 0.25) is 0 Å². The smallest absolute Gasteiger partial charge is 0.260 e. The summed E-state index contributed by atoms with van der Waals surface area (Å²) in [6.07, 6.45) is 0.273. The first kappa shape index (κ1) is 23.0. The minimum absolute atomic E-state index is 0.0297. The zero-order valence-corrected chi connectivity index (χ0v) is 19.4. The summed E-state index contributed by atoms with van der Waals surface area (Å²) in [5.41, 5.74) is 4.23. The molecule has 33 heavy (non-hydrogen) atoms. The van der Waals surface area contributed by atoms with Gasteiger partial charge in [0.05, 0.1) is 6.04 Å². The molecule has 3 aromatic rings. The van der Waals surface area contributed by atoms with Crippen molar-refractivity contribution in [2.75, 3.05) is 6.54 Å². The Morgan fingerprint density at radius 1 is 1.06 bits per heavy atom. The molecule has 0 saturated heterocycles. The van der Waals surface area contributed by atoms with Gasteiger partial charge in [-0.25, -0.2) is 4.39 Å². The number of benzene rings is 3. The normalized spacial score (nSPS) is 16.8. The summed E-state index contributed by atoms with van der Waals surface area (Å²) in [7, 11) is 0. The lowest BCUT2D eigenvalue weighted by atomic mass is 9.87. The number of hydrogen-bond acceptors (Lipinski definition) is 3. The Morgan fingerprint density at radius 3 is 2.52 bits per heavy atom. The number of carbonyl (C=O) groups excluding carboxylic acids is 1. The number of carbonyl (C=O) groups is 1. The van der Waals surface area contributed by atoms with Crippen molar-refractivity contribution in [3.05, 3.63) is 101 Å². The molecule has 0 saturated carbocycles. The summed E-state index contributed by atoms with van der Waals surface area (Å²) in [4.78, 5) is 14.7. The fourth-order valence-electron chi connectivity index (χ4n) is 4.42.